The Morgan fingerprint density at radius 2 is 1.88 bits per heavy atom. The van der Waals surface area contributed by atoms with Gasteiger partial charge in [0, 0.05) is 30.2 Å². The van der Waals surface area contributed by atoms with Gasteiger partial charge in [0.15, 0.2) is 0 Å². The number of nitrogens with zero attached hydrogens (tertiary/aromatic N) is 2. The zero-order valence-electron chi connectivity index (χ0n) is 24.5. The molecule has 2 aromatic rings. The van der Waals surface area contributed by atoms with Crippen molar-refractivity contribution in [3.63, 3.8) is 0 Å². The number of halogens is 2. The van der Waals surface area contributed by atoms with Gasteiger partial charge in [0.25, 0.3) is 0 Å². The molecule has 41 heavy (non-hydrogen) atoms. The fourth-order valence-electron chi connectivity index (χ4n) is 5.70. The van der Waals surface area contributed by atoms with Crippen molar-refractivity contribution in [1.82, 2.24) is 9.88 Å². The monoisotopic (exact) mass is 589 g/mol. The number of anilines is 1. The predicted octanol–water partition coefficient (Wildman–Crippen LogP) is 6.72. The first-order valence-electron chi connectivity index (χ1n) is 14.3. The standard InChI is InChI=1S/C31H41ClFN3O5/c1-30(2,3)41-29(38)36-23(19-40-31(36,4)5)10-11-24-26(33)17-34-18-27(24)35-28(37)16-25(21-12-14-39-15-13-21)20-6-8-22(32)9-7-20/h6-9,17-18,21,23,25H,10-16,19H2,1-5H3,(H,35,37). The number of benzene rings is 1. The van der Waals surface area contributed by atoms with Crippen molar-refractivity contribution in [3.05, 3.63) is 58.6 Å². The number of hydrogen-bond donors (Lipinski definition) is 1. The Morgan fingerprint density at radius 1 is 1.20 bits per heavy atom. The molecule has 2 atom stereocenters. The van der Waals surface area contributed by atoms with Crippen molar-refractivity contribution >= 4 is 29.3 Å². The SMILES string of the molecule is CC(C)(C)OC(=O)N1C(CCc2c(F)cncc2NC(=O)CC(c2ccc(Cl)cc2)C2CCOCC2)COC1(C)C. The van der Waals surface area contributed by atoms with Crippen LogP contribution in [-0.4, -0.2) is 59.1 Å². The Bertz CT molecular complexity index is 1210. The maximum atomic E-state index is 15.1. The average Bonchev–Trinajstić information content (AvgIpc) is 3.21. The van der Waals surface area contributed by atoms with Gasteiger partial charge in [0.2, 0.25) is 5.91 Å². The van der Waals surface area contributed by atoms with Crippen LogP contribution in [0.3, 0.4) is 0 Å². The summed E-state index contributed by atoms with van der Waals surface area (Å²) in [7, 11) is 0. The summed E-state index contributed by atoms with van der Waals surface area (Å²) < 4.78 is 32.2. The number of carbonyl (C=O) groups excluding carboxylic acids is 2. The van der Waals surface area contributed by atoms with Gasteiger partial charge in [-0.25, -0.2) is 9.18 Å². The fourth-order valence-corrected chi connectivity index (χ4v) is 5.82. The van der Waals surface area contributed by atoms with E-state index in [4.69, 9.17) is 25.8 Å². The second-order valence-corrected chi connectivity index (χ2v) is 12.7. The summed E-state index contributed by atoms with van der Waals surface area (Å²) in [5.41, 5.74) is 0.195. The average molecular weight is 590 g/mol. The number of carbonyl (C=O) groups is 2. The number of ether oxygens (including phenoxy) is 3. The third-order valence-corrected chi connectivity index (χ3v) is 7.96. The molecule has 2 aliphatic heterocycles. The molecule has 1 aromatic carbocycles. The molecule has 4 rings (SSSR count). The second-order valence-electron chi connectivity index (χ2n) is 12.3. The predicted molar refractivity (Wildman–Crippen MR) is 155 cm³/mol. The lowest BCUT2D eigenvalue weighted by Gasteiger charge is -2.35. The van der Waals surface area contributed by atoms with E-state index in [0.717, 1.165) is 24.6 Å². The first-order chi connectivity index (χ1) is 19.3. The summed E-state index contributed by atoms with van der Waals surface area (Å²) in [6.07, 6.45) is 4.79. The minimum atomic E-state index is -0.859. The van der Waals surface area contributed by atoms with Crippen LogP contribution >= 0.6 is 11.6 Å². The summed E-state index contributed by atoms with van der Waals surface area (Å²) in [4.78, 5) is 32.0. The molecule has 0 radical (unpaired) electrons. The van der Waals surface area contributed by atoms with Gasteiger partial charge in [-0.05, 0) is 89.8 Å². The molecule has 8 nitrogen and oxygen atoms in total. The van der Waals surface area contributed by atoms with Gasteiger partial charge >= 0.3 is 6.09 Å². The Morgan fingerprint density at radius 3 is 2.54 bits per heavy atom. The summed E-state index contributed by atoms with van der Waals surface area (Å²) in [5.74, 6) is -0.471. The van der Waals surface area contributed by atoms with Gasteiger partial charge in [-0.1, -0.05) is 23.7 Å². The van der Waals surface area contributed by atoms with Gasteiger partial charge < -0.3 is 19.5 Å². The Labute approximate surface area is 246 Å². The highest BCUT2D eigenvalue weighted by Crippen LogP contribution is 2.36. The van der Waals surface area contributed by atoms with E-state index in [1.54, 1.807) is 4.90 Å². The van der Waals surface area contributed by atoms with E-state index in [9.17, 15) is 9.59 Å². The molecule has 2 saturated heterocycles. The molecule has 1 aromatic heterocycles. The first-order valence-corrected chi connectivity index (χ1v) is 14.6. The van der Waals surface area contributed by atoms with Crippen LogP contribution < -0.4 is 5.32 Å². The highest BCUT2D eigenvalue weighted by Gasteiger charge is 2.45. The number of amides is 2. The highest BCUT2D eigenvalue weighted by molar-refractivity contribution is 6.30. The van der Waals surface area contributed by atoms with E-state index in [1.807, 2.05) is 58.9 Å². The van der Waals surface area contributed by atoms with Gasteiger partial charge in [-0.2, -0.15) is 0 Å². The third-order valence-electron chi connectivity index (χ3n) is 7.71. The normalized spacial score (nSPS) is 20.1. The maximum absolute atomic E-state index is 15.1. The van der Waals surface area contributed by atoms with Crippen LogP contribution in [0.5, 0.6) is 0 Å². The lowest BCUT2D eigenvalue weighted by molar-refractivity contribution is -0.117. The van der Waals surface area contributed by atoms with Crippen molar-refractivity contribution in [2.24, 2.45) is 5.92 Å². The van der Waals surface area contributed by atoms with Gasteiger partial charge in [-0.15, -0.1) is 0 Å². The van der Waals surface area contributed by atoms with Crippen LogP contribution in [-0.2, 0) is 25.4 Å². The van der Waals surface area contributed by atoms with Crippen LogP contribution in [0.1, 0.15) is 77.3 Å². The van der Waals surface area contributed by atoms with E-state index in [-0.39, 0.29) is 36.6 Å². The van der Waals surface area contributed by atoms with Crippen molar-refractivity contribution in [2.75, 3.05) is 25.1 Å². The number of pyridine rings is 1. The summed E-state index contributed by atoms with van der Waals surface area (Å²) in [6.45, 7) is 10.7. The minimum absolute atomic E-state index is 0.0265. The molecule has 3 heterocycles. The van der Waals surface area contributed by atoms with Gasteiger partial charge in [0.1, 0.15) is 17.1 Å². The molecule has 0 aliphatic carbocycles. The molecule has 1 N–H and O–H groups in total. The molecule has 0 spiro atoms. The Balaban J connectivity index is 1.47. The number of nitrogens with one attached hydrogen (secondary N) is 1. The van der Waals surface area contributed by atoms with Gasteiger partial charge in [0.05, 0.1) is 30.7 Å². The van der Waals surface area contributed by atoms with Crippen LogP contribution in [0.15, 0.2) is 36.7 Å². The van der Waals surface area contributed by atoms with E-state index < -0.39 is 23.2 Å². The van der Waals surface area contributed by atoms with Crippen molar-refractivity contribution in [3.8, 4) is 0 Å². The molecule has 0 saturated carbocycles. The second kappa shape index (κ2) is 13.0. The van der Waals surface area contributed by atoms with Gasteiger partial charge in [-0.3, -0.25) is 14.7 Å². The Kier molecular flexibility index (Phi) is 9.93. The summed E-state index contributed by atoms with van der Waals surface area (Å²) in [5, 5.41) is 3.56. The topological polar surface area (TPSA) is 90.0 Å². The molecular formula is C31H41ClFN3O5. The molecule has 2 amide bonds. The van der Waals surface area contributed by atoms with E-state index >= 15 is 4.39 Å². The third kappa shape index (κ3) is 8.17. The van der Waals surface area contributed by atoms with Crippen molar-refractivity contribution in [2.45, 2.75) is 90.0 Å². The Hall–Kier alpha value is -2.75. The zero-order chi connectivity index (χ0) is 29.8. The number of aromatic nitrogens is 1. The van der Waals surface area contributed by atoms with Crippen LogP contribution in [0, 0.1) is 11.7 Å². The number of rotatable bonds is 8. The molecular weight excluding hydrogens is 549 g/mol. The molecule has 2 aliphatic rings. The molecule has 2 fully saturated rings. The van der Waals surface area contributed by atoms with Crippen molar-refractivity contribution < 1.29 is 28.2 Å². The van der Waals surface area contributed by atoms with Crippen LogP contribution in [0.2, 0.25) is 5.02 Å². The van der Waals surface area contributed by atoms with E-state index in [0.29, 0.717) is 42.5 Å². The minimum Gasteiger partial charge on any atom is -0.444 e. The fraction of sp³-hybridized carbons (Fsp3) is 0.581. The van der Waals surface area contributed by atoms with Crippen LogP contribution in [0.4, 0.5) is 14.9 Å². The van der Waals surface area contributed by atoms with E-state index in [2.05, 4.69) is 10.3 Å². The summed E-state index contributed by atoms with van der Waals surface area (Å²) >= 11 is 6.12. The van der Waals surface area contributed by atoms with E-state index in [1.165, 1.54) is 6.20 Å². The largest absolute Gasteiger partial charge is 0.444 e. The highest BCUT2D eigenvalue weighted by atomic mass is 35.5. The smallest absolute Gasteiger partial charge is 0.412 e. The molecule has 10 heteroatoms. The summed E-state index contributed by atoms with van der Waals surface area (Å²) in [6, 6.07) is 7.28. The maximum Gasteiger partial charge on any atom is 0.412 e. The number of hydrogen-bond acceptors (Lipinski definition) is 6. The van der Waals surface area contributed by atoms with Crippen LogP contribution in [0.25, 0.3) is 0 Å². The molecule has 0 bridgehead atoms. The quantitative estimate of drug-likeness (QED) is 0.368. The molecule has 224 valence electrons. The lowest BCUT2D eigenvalue weighted by Crippen LogP contribution is -2.50. The molecule has 2 unspecified atom stereocenters. The zero-order valence-corrected chi connectivity index (χ0v) is 25.3. The lowest BCUT2D eigenvalue weighted by atomic mass is 9.79. The first kappa shape index (κ1) is 31.2. The van der Waals surface area contributed by atoms with Crippen molar-refractivity contribution in [1.29, 1.82) is 0 Å².